The summed E-state index contributed by atoms with van der Waals surface area (Å²) in [6.07, 6.45) is 0. The smallest absolute Gasteiger partial charge is 0.270 e. The van der Waals surface area contributed by atoms with Gasteiger partial charge in [0.1, 0.15) is 0 Å². The molecule has 0 radical (unpaired) electrons. The van der Waals surface area contributed by atoms with Crippen molar-refractivity contribution in [2.45, 2.75) is 20.8 Å². The first-order valence-electron chi connectivity index (χ1n) is 9.23. The molecule has 8 heteroatoms. The normalized spacial score (nSPS) is 10.9. The second kappa shape index (κ2) is 7.40. The molecule has 1 amide bonds. The van der Waals surface area contributed by atoms with E-state index in [2.05, 4.69) is 15.5 Å². The minimum Gasteiger partial charge on any atom is -0.335 e. The van der Waals surface area contributed by atoms with Crippen molar-refractivity contribution in [3.8, 4) is 11.3 Å². The molecule has 30 heavy (non-hydrogen) atoms. The molecular formula is C22H18N4O4. The zero-order valence-corrected chi connectivity index (χ0v) is 16.6. The van der Waals surface area contributed by atoms with Gasteiger partial charge in [-0.1, -0.05) is 23.4 Å². The molecule has 1 N–H and O–H groups in total. The highest BCUT2D eigenvalue weighted by atomic mass is 16.6. The SMILES string of the molecule is Cc1cc(C)cc(NC(=O)c2cc(-c3cccc([N+](=O)[O-])c3)nc3onc(C)c23)c1. The lowest BCUT2D eigenvalue weighted by Gasteiger charge is -2.10. The first-order valence-corrected chi connectivity index (χ1v) is 9.23. The van der Waals surface area contributed by atoms with Crippen molar-refractivity contribution >= 4 is 28.4 Å². The maximum absolute atomic E-state index is 13.1. The van der Waals surface area contributed by atoms with E-state index in [9.17, 15) is 14.9 Å². The van der Waals surface area contributed by atoms with Crippen LogP contribution in [0.3, 0.4) is 0 Å². The maximum atomic E-state index is 13.1. The van der Waals surface area contributed by atoms with Gasteiger partial charge >= 0.3 is 0 Å². The van der Waals surface area contributed by atoms with Gasteiger partial charge < -0.3 is 9.84 Å². The summed E-state index contributed by atoms with van der Waals surface area (Å²) in [5.41, 5.74) is 4.62. The highest BCUT2D eigenvalue weighted by molar-refractivity contribution is 6.13. The summed E-state index contributed by atoms with van der Waals surface area (Å²) in [4.78, 5) is 28.2. The largest absolute Gasteiger partial charge is 0.335 e. The van der Waals surface area contributed by atoms with Gasteiger partial charge in [-0.3, -0.25) is 14.9 Å². The monoisotopic (exact) mass is 402 g/mol. The highest BCUT2D eigenvalue weighted by Crippen LogP contribution is 2.29. The number of benzene rings is 2. The maximum Gasteiger partial charge on any atom is 0.270 e. The number of amides is 1. The fourth-order valence-electron chi connectivity index (χ4n) is 3.45. The van der Waals surface area contributed by atoms with Gasteiger partial charge in [0.25, 0.3) is 17.3 Å². The molecule has 0 spiro atoms. The number of carbonyl (C=O) groups is 1. The summed E-state index contributed by atoms with van der Waals surface area (Å²) < 4.78 is 5.29. The molecular weight excluding hydrogens is 384 g/mol. The number of pyridine rings is 1. The molecule has 0 bridgehead atoms. The second-order valence-electron chi connectivity index (χ2n) is 7.14. The molecule has 0 unspecified atom stereocenters. The Morgan fingerprint density at radius 1 is 1.07 bits per heavy atom. The molecule has 0 fully saturated rings. The van der Waals surface area contributed by atoms with Crippen LogP contribution in [0, 0.1) is 30.9 Å². The standard InChI is InChI=1S/C22H18N4O4/c1-12-7-13(2)9-16(8-12)23-21(27)18-11-19(24-22-20(18)14(3)25-30-22)15-5-4-6-17(10-15)26(28)29/h4-11H,1-3H3,(H,23,27). The number of nitrogens with zero attached hydrogens (tertiary/aromatic N) is 3. The van der Waals surface area contributed by atoms with Crippen LogP contribution < -0.4 is 5.32 Å². The van der Waals surface area contributed by atoms with Crippen LogP contribution in [0.2, 0.25) is 0 Å². The van der Waals surface area contributed by atoms with Crippen molar-refractivity contribution in [1.29, 1.82) is 0 Å². The van der Waals surface area contributed by atoms with Gasteiger partial charge in [0, 0.05) is 23.4 Å². The van der Waals surface area contributed by atoms with Gasteiger partial charge in [-0.15, -0.1) is 0 Å². The van der Waals surface area contributed by atoms with E-state index in [1.807, 2.05) is 32.0 Å². The number of aryl methyl sites for hydroxylation is 3. The van der Waals surface area contributed by atoms with Gasteiger partial charge in [-0.2, -0.15) is 0 Å². The van der Waals surface area contributed by atoms with Crippen LogP contribution in [-0.4, -0.2) is 21.0 Å². The summed E-state index contributed by atoms with van der Waals surface area (Å²) in [5.74, 6) is -0.342. The summed E-state index contributed by atoms with van der Waals surface area (Å²) in [6.45, 7) is 5.64. The number of nitro groups is 1. The van der Waals surface area contributed by atoms with Crippen molar-refractivity contribution in [3.05, 3.63) is 81.0 Å². The Morgan fingerprint density at radius 3 is 2.50 bits per heavy atom. The molecule has 8 nitrogen and oxygen atoms in total. The first kappa shape index (κ1) is 19.3. The molecule has 0 aliphatic rings. The third kappa shape index (κ3) is 3.62. The summed E-state index contributed by atoms with van der Waals surface area (Å²) in [5, 5.41) is 18.5. The van der Waals surface area contributed by atoms with Gasteiger partial charge in [0.2, 0.25) is 0 Å². The topological polar surface area (TPSA) is 111 Å². The van der Waals surface area contributed by atoms with E-state index in [1.54, 1.807) is 25.1 Å². The van der Waals surface area contributed by atoms with Crippen molar-refractivity contribution in [2.24, 2.45) is 0 Å². The Bertz CT molecular complexity index is 1290. The Morgan fingerprint density at radius 2 is 1.80 bits per heavy atom. The van der Waals surface area contributed by atoms with E-state index in [0.717, 1.165) is 11.1 Å². The lowest BCUT2D eigenvalue weighted by atomic mass is 10.0. The van der Waals surface area contributed by atoms with Crippen LogP contribution >= 0.6 is 0 Å². The quantitative estimate of drug-likeness (QED) is 0.381. The number of aromatic nitrogens is 2. The fourth-order valence-corrected chi connectivity index (χ4v) is 3.45. The Labute approximate surface area is 171 Å². The van der Waals surface area contributed by atoms with Crippen LogP contribution in [0.1, 0.15) is 27.2 Å². The molecule has 2 aromatic heterocycles. The van der Waals surface area contributed by atoms with E-state index >= 15 is 0 Å². The number of hydrogen-bond donors (Lipinski definition) is 1. The van der Waals surface area contributed by atoms with Crippen LogP contribution in [0.5, 0.6) is 0 Å². The number of rotatable bonds is 4. The van der Waals surface area contributed by atoms with Crippen LogP contribution in [0.15, 0.2) is 53.1 Å². The average molecular weight is 402 g/mol. The van der Waals surface area contributed by atoms with Crippen molar-refractivity contribution in [1.82, 2.24) is 10.1 Å². The second-order valence-corrected chi connectivity index (χ2v) is 7.14. The van der Waals surface area contributed by atoms with Gasteiger partial charge in [0.05, 0.1) is 27.3 Å². The molecule has 4 rings (SSSR count). The number of hydrogen-bond acceptors (Lipinski definition) is 6. The first-order chi connectivity index (χ1) is 14.3. The van der Waals surface area contributed by atoms with Crippen molar-refractivity contribution in [3.63, 3.8) is 0 Å². The zero-order valence-electron chi connectivity index (χ0n) is 16.6. The molecule has 150 valence electrons. The average Bonchev–Trinajstić information content (AvgIpc) is 3.07. The molecule has 0 atom stereocenters. The lowest BCUT2D eigenvalue weighted by molar-refractivity contribution is -0.384. The Hall–Kier alpha value is -4.07. The minimum atomic E-state index is -0.478. The van der Waals surface area contributed by atoms with E-state index in [4.69, 9.17) is 4.52 Å². The fraction of sp³-hybridized carbons (Fsp3) is 0.136. The summed E-state index contributed by atoms with van der Waals surface area (Å²) in [7, 11) is 0. The highest BCUT2D eigenvalue weighted by Gasteiger charge is 2.20. The predicted molar refractivity (Wildman–Crippen MR) is 113 cm³/mol. The van der Waals surface area contributed by atoms with Gasteiger partial charge in [-0.25, -0.2) is 4.98 Å². The van der Waals surface area contributed by atoms with Gasteiger partial charge in [0.15, 0.2) is 0 Å². The summed E-state index contributed by atoms with van der Waals surface area (Å²) >= 11 is 0. The minimum absolute atomic E-state index is 0.0654. The third-order valence-corrected chi connectivity index (χ3v) is 4.69. The molecule has 0 saturated heterocycles. The van der Waals surface area contributed by atoms with E-state index < -0.39 is 4.92 Å². The number of nitro benzene ring substituents is 1. The molecule has 0 aliphatic carbocycles. The molecule has 0 aliphatic heterocycles. The molecule has 2 aromatic carbocycles. The number of anilines is 1. The zero-order chi connectivity index (χ0) is 21.4. The lowest BCUT2D eigenvalue weighted by Crippen LogP contribution is -2.13. The number of carbonyl (C=O) groups excluding carboxylic acids is 1. The number of fused-ring (bicyclic) bond motifs is 1. The van der Waals surface area contributed by atoms with E-state index in [1.165, 1.54) is 12.1 Å². The van der Waals surface area contributed by atoms with E-state index in [0.29, 0.717) is 33.6 Å². The van der Waals surface area contributed by atoms with Crippen molar-refractivity contribution < 1.29 is 14.2 Å². The summed E-state index contributed by atoms with van der Waals surface area (Å²) in [6, 6.07) is 13.4. The Kier molecular flexibility index (Phi) is 4.75. The predicted octanol–water partition coefficient (Wildman–Crippen LogP) is 4.98. The van der Waals surface area contributed by atoms with Crippen LogP contribution in [-0.2, 0) is 0 Å². The molecule has 2 heterocycles. The van der Waals surface area contributed by atoms with Crippen molar-refractivity contribution in [2.75, 3.05) is 5.32 Å². The number of non-ortho nitro benzene ring substituents is 1. The molecule has 0 saturated carbocycles. The Balaban J connectivity index is 1.82. The number of nitrogens with one attached hydrogen (secondary N) is 1. The third-order valence-electron chi connectivity index (χ3n) is 4.69. The van der Waals surface area contributed by atoms with Crippen LogP contribution in [0.25, 0.3) is 22.4 Å². The van der Waals surface area contributed by atoms with Gasteiger partial charge in [-0.05, 0) is 50.1 Å². The van der Waals surface area contributed by atoms with E-state index in [-0.39, 0.29) is 17.3 Å². The molecule has 4 aromatic rings. The van der Waals surface area contributed by atoms with Crippen LogP contribution in [0.4, 0.5) is 11.4 Å².